The van der Waals surface area contributed by atoms with Crippen molar-refractivity contribution in [3.63, 3.8) is 0 Å². The quantitative estimate of drug-likeness (QED) is 0.865. The summed E-state index contributed by atoms with van der Waals surface area (Å²) in [5, 5.41) is 9.43. The Balaban J connectivity index is 2.02. The fourth-order valence-electron chi connectivity index (χ4n) is 2.87. The Kier molecular flexibility index (Phi) is 4.05. The summed E-state index contributed by atoms with van der Waals surface area (Å²) in [7, 11) is 1.50. The first-order chi connectivity index (χ1) is 11.5. The van der Waals surface area contributed by atoms with Gasteiger partial charge in [0, 0.05) is 17.8 Å². The van der Waals surface area contributed by atoms with Gasteiger partial charge < -0.3 is 9.64 Å². The van der Waals surface area contributed by atoms with Crippen LogP contribution in [0, 0.1) is 25.2 Å². The summed E-state index contributed by atoms with van der Waals surface area (Å²) in [4.78, 5) is 10.8. The Morgan fingerprint density at radius 1 is 1.33 bits per heavy atom. The predicted molar refractivity (Wildman–Crippen MR) is 94.1 cm³/mol. The molecule has 0 saturated carbocycles. The number of hydrogen-bond acceptors (Lipinski definition) is 5. The second kappa shape index (κ2) is 6.17. The molecule has 1 aliphatic heterocycles. The molecule has 5 heteroatoms. The molecule has 0 fully saturated rings. The lowest BCUT2D eigenvalue weighted by atomic mass is 10.0. The smallest absolute Gasteiger partial charge is 0.233 e. The molecule has 2 aromatic rings. The minimum Gasteiger partial charge on any atom is -0.480 e. The topological polar surface area (TPSA) is 61.5 Å². The average molecular weight is 318 g/mol. The van der Waals surface area contributed by atoms with E-state index in [1.54, 1.807) is 6.34 Å². The van der Waals surface area contributed by atoms with E-state index in [-0.39, 0.29) is 0 Å². The lowest BCUT2D eigenvalue weighted by Gasteiger charge is -2.28. The molecule has 0 atom stereocenters. The number of ether oxygens (including phenoxy) is 1. The largest absolute Gasteiger partial charge is 0.480 e. The number of hydrogen-bond donors (Lipinski definition) is 0. The van der Waals surface area contributed by atoms with Crippen LogP contribution >= 0.6 is 0 Å². The van der Waals surface area contributed by atoms with Crippen molar-refractivity contribution < 1.29 is 4.74 Å². The summed E-state index contributed by atoms with van der Waals surface area (Å²) < 4.78 is 5.20. The molecule has 0 amide bonds. The van der Waals surface area contributed by atoms with Gasteiger partial charge in [-0.2, -0.15) is 5.26 Å². The molecule has 0 bridgehead atoms. The van der Waals surface area contributed by atoms with E-state index in [2.05, 4.69) is 47.7 Å². The van der Waals surface area contributed by atoms with E-state index in [0.717, 1.165) is 17.0 Å². The zero-order valence-corrected chi connectivity index (χ0v) is 14.0. The molecule has 0 unspecified atom stereocenters. The SMILES string of the molecule is C=C1c2c(C)nc(OC)c(C#N)c2N=CN1Cc1cccc(C)c1. The van der Waals surface area contributed by atoms with Crippen LogP contribution in [0.3, 0.4) is 0 Å². The van der Waals surface area contributed by atoms with Crippen molar-refractivity contribution in [3.8, 4) is 11.9 Å². The number of rotatable bonds is 3. The van der Waals surface area contributed by atoms with Crippen LogP contribution in [-0.2, 0) is 6.54 Å². The molecule has 0 N–H and O–H groups in total. The highest BCUT2D eigenvalue weighted by molar-refractivity contribution is 5.90. The van der Waals surface area contributed by atoms with Gasteiger partial charge in [-0.1, -0.05) is 36.4 Å². The molecule has 2 heterocycles. The Morgan fingerprint density at radius 2 is 2.12 bits per heavy atom. The zero-order chi connectivity index (χ0) is 17.3. The number of aliphatic imine (C=N–C) groups is 1. The highest BCUT2D eigenvalue weighted by Crippen LogP contribution is 2.39. The highest BCUT2D eigenvalue weighted by Gasteiger charge is 2.25. The fraction of sp³-hybridized carbons (Fsp3) is 0.211. The van der Waals surface area contributed by atoms with Crippen LogP contribution < -0.4 is 4.74 Å². The average Bonchev–Trinajstić information content (AvgIpc) is 2.56. The van der Waals surface area contributed by atoms with E-state index < -0.39 is 0 Å². The van der Waals surface area contributed by atoms with Crippen LogP contribution in [0.25, 0.3) is 5.70 Å². The standard InChI is InChI=1S/C19H18N4O/c1-12-6-5-7-15(8-12)10-23-11-21-18-16(9-20)19(24-4)22-13(2)17(18)14(23)3/h5-8,11H,3,10H2,1-2,4H3. The van der Waals surface area contributed by atoms with E-state index in [4.69, 9.17) is 4.74 Å². The molecule has 0 saturated heterocycles. The molecule has 0 radical (unpaired) electrons. The molecule has 1 aromatic carbocycles. The molecule has 0 aliphatic carbocycles. The van der Waals surface area contributed by atoms with Gasteiger partial charge in [-0.3, -0.25) is 0 Å². The molecule has 3 rings (SSSR count). The number of fused-ring (bicyclic) bond motifs is 1. The summed E-state index contributed by atoms with van der Waals surface area (Å²) in [6.07, 6.45) is 1.72. The molecule has 0 spiro atoms. The highest BCUT2D eigenvalue weighted by atomic mass is 16.5. The van der Waals surface area contributed by atoms with Crippen LogP contribution in [0.1, 0.15) is 27.9 Å². The molecular formula is C19H18N4O. The second-order valence-electron chi connectivity index (χ2n) is 5.73. The minimum absolute atomic E-state index is 0.297. The van der Waals surface area contributed by atoms with E-state index in [1.807, 2.05) is 17.9 Å². The number of aryl methyl sites for hydroxylation is 2. The summed E-state index contributed by atoms with van der Waals surface area (Å²) >= 11 is 0. The molecule has 24 heavy (non-hydrogen) atoms. The normalized spacial score (nSPS) is 12.8. The molecule has 120 valence electrons. The monoisotopic (exact) mass is 318 g/mol. The second-order valence-corrected chi connectivity index (χ2v) is 5.73. The molecular weight excluding hydrogens is 300 g/mol. The van der Waals surface area contributed by atoms with Gasteiger partial charge in [0.05, 0.1) is 24.8 Å². The predicted octanol–water partition coefficient (Wildman–Crippen LogP) is 3.73. The number of pyridine rings is 1. The van der Waals surface area contributed by atoms with Crippen molar-refractivity contribution in [2.75, 3.05) is 7.11 Å². The van der Waals surface area contributed by atoms with Gasteiger partial charge in [0.15, 0.2) is 0 Å². The maximum Gasteiger partial charge on any atom is 0.233 e. The van der Waals surface area contributed by atoms with E-state index in [9.17, 15) is 5.26 Å². The van der Waals surface area contributed by atoms with Crippen LogP contribution in [0.2, 0.25) is 0 Å². The van der Waals surface area contributed by atoms with Crippen molar-refractivity contribution in [1.82, 2.24) is 9.88 Å². The van der Waals surface area contributed by atoms with E-state index in [0.29, 0.717) is 23.7 Å². The van der Waals surface area contributed by atoms with Crippen LogP contribution in [0.4, 0.5) is 5.69 Å². The third-order valence-electron chi connectivity index (χ3n) is 4.02. The fourth-order valence-corrected chi connectivity index (χ4v) is 2.87. The van der Waals surface area contributed by atoms with Gasteiger partial charge in [0.25, 0.3) is 0 Å². The van der Waals surface area contributed by atoms with Gasteiger partial charge in [-0.05, 0) is 19.4 Å². The lowest BCUT2D eigenvalue weighted by molar-refractivity contribution is 0.395. The summed E-state index contributed by atoms with van der Waals surface area (Å²) in [5.41, 5.74) is 5.62. The summed E-state index contributed by atoms with van der Waals surface area (Å²) in [6, 6.07) is 10.4. The maximum absolute atomic E-state index is 9.43. The molecule has 5 nitrogen and oxygen atoms in total. The number of benzene rings is 1. The Morgan fingerprint density at radius 3 is 2.79 bits per heavy atom. The van der Waals surface area contributed by atoms with Gasteiger partial charge >= 0.3 is 0 Å². The summed E-state index contributed by atoms with van der Waals surface area (Å²) in [5.74, 6) is 0.297. The first kappa shape index (κ1) is 15.8. The Hall–Kier alpha value is -3.13. The molecule has 1 aromatic heterocycles. The Bertz CT molecular complexity index is 893. The van der Waals surface area contributed by atoms with Crippen molar-refractivity contribution >= 4 is 17.7 Å². The van der Waals surface area contributed by atoms with Gasteiger partial charge in [0.2, 0.25) is 5.88 Å². The van der Waals surface area contributed by atoms with E-state index >= 15 is 0 Å². The minimum atomic E-state index is 0.297. The van der Waals surface area contributed by atoms with Crippen molar-refractivity contribution in [3.05, 3.63) is 58.8 Å². The number of methoxy groups -OCH3 is 1. The third-order valence-corrected chi connectivity index (χ3v) is 4.02. The number of nitrogens with zero attached hydrogens (tertiary/aromatic N) is 4. The summed E-state index contributed by atoms with van der Waals surface area (Å²) in [6.45, 7) is 8.80. The Labute approximate surface area is 141 Å². The number of nitriles is 1. The lowest BCUT2D eigenvalue weighted by Crippen LogP contribution is -2.23. The van der Waals surface area contributed by atoms with Crippen molar-refractivity contribution in [2.45, 2.75) is 20.4 Å². The van der Waals surface area contributed by atoms with E-state index in [1.165, 1.54) is 18.2 Å². The van der Waals surface area contributed by atoms with Crippen molar-refractivity contribution in [1.29, 1.82) is 5.26 Å². The van der Waals surface area contributed by atoms with Crippen molar-refractivity contribution in [2.24, 2.45) is 4.99 Å². The van der Waals surface area contributed by atoms with Gasteiger partial charge in [-0.15, -0.1) is 0 Å². The zero-order valence-electron chi connectivity index (χ0n) is 14.0. The van der Waals surface area contributed by atoms with Gasteiger partial charge in [0.1, 0.15) is 11.6 Å². The number of aromatic nitrogens is 1. The third kappa shape index (κ3) is 2.63. The van der Waals surface area contributed by atoms with Gasteiger partial charge in [-0.25, -0.2) is 9.98 Å². The maximum atomic E-state index is 9.43. The first-order valence-corrected chi connectivity index (χ1v) is 7.59. The van der Waals surface area contributed by atoms with Crippen LogP contribution in [-0.4, -0.2) is 23.3 Å². The molecule has 1 aliphatic rings. The van der Waals surface area contributed by atoms with Crippen LogP contribution in [0.15, 0.2) is 35.8 Å². The first-order valence-electron chi connectivity index (χ1n) is 7.59. The van der Waals surface area contributed by atoms with Crippen LogP contribution in [0.5, 0.6) is 5.88 Å².